The molecule has 1 amide bonds. The fraction of sp³-hybridized carbons (Fsp3) is 0.375. The second-order valence-electron chi connectivity index (χ2n) is 7.52. The number of anilines is 2. The number of nitrogens with zero attached hydrogens (tertiary/aromatic N) is 3. The summed E-state index contributed by atoms with van der Waals surface area (Å²) in [6.07, 6.45) is 3.69. The molecule has 0 saturated carbocycles. The molecule has 0 radical (unpaired) electrons. The number of carbonyl (C=O) groups is 1. The molecule has 3 heterocycles. The maximum atomic E-state index is 13.3. The lowest BCUT2D eigenvalue weighted by atomic mass is 10.1. The van der Waals surface area contributed by atoms with E-state index in [0.29, 0.717) is 35.9 Å². The number of pyridine rings is 2. The van der Waals surface area contributed by atoms with Crippen LogP contribution in [-0.2, 0) is 0 Å². The molecule has 2 aromatic heterocycles. The van der Waals surface area contributed by atoms with Crippen molar-refractivity contribution in [1.29, 1.82) is 0 Å². The Morgan fingerprint density at radius 1 is 1.09 bits per heavy atom. The van der Waals surface area contributed by atoms with E-state index in [2.05, 4.69) is 15.3 Å². The van der Waals surface area contributed by atoms with Crippen LogP contribution in [0.4, 0.5) is 11.4 Å². The Morgan fingerprint density at radius 2 is 1.84 bits per heavy atom. The van der Waals surface area contributed by atoms with Crippen molar-refractivity contribution in [3.63, 3.8) is 0 Å². The smallest absolute Gasteiger partial charge is 0.257 e. The molecular weight excluding hydrogens is 428 g/mol. The van der Waals surface area contributed by atoms with Gasteiger partial charge >= 0.3 is 0 Å². The lowest BCUT2D eigenvalue weighted by molar-refractivity contribution is 0.0793. The van der Waals surface area contributed by atoms with Crippen molar-refractivity contribution in [2.45, 2.75) is 33.6 Å². The van der Waals surface area contributed by atoms with Crippen molar-refractivity contribution in [2.24, 2.45) is 0 Å². The maximum absolute atomic E-state index is 13.3. The molecule has 1 saturated heterocycles. The van der Waals surface area contributed by atoms with Gasteiger partial charge in [-0.25, -0.2) is 9.97 Å². The summed E-state index contributed by atoms with van der Waals surface area (Å²) in [6.45, 7) is 8.45. The van der Waals surface area contributed by atoms with Crippen LogP contribution in [0.25, 0.3) is 11.0 Å². The van der Waals surface area contributed by atoms with Crippen LogP contribution in [0.5, 0.6) is 11.5 Å². The van der Waals surface area contributed by atoms with E-state index in [0.717, 1.165) is 48.4 Å². The van der Waals surface area contributed by atoms with E-state index >= 15 is 0 Å². The number of aromatic nitrogens is 2. The minimum Gasteiger partial charge on any atom is -0.494 e. The van der Waals surface area contributed by atoms with E-state index in [1.807, 2.05) is 56.0 Å². The largest absolute Gasteiger partial charge is 0.494 e. The van der Waals surface area contributed by atoms with Crippen LogP contribution < -0.4 is 14.8 Å². The van der Waals surface area contributed by atoms with Gasteiger partial charge in [0.2, 0.25) is 0 Å². The highest BCUT2D eigenvalue weighted by atomic mass is 35.5. The third-order valence-electron chi connectivity index (χ3n) is 5.31. The lowest BCUT2D eigenvalue weighted by Crippen LogP contribution is -2.28. The first-order valence-electron chi connectivity index (χ1n) is 10.8. The highest BCUT2D eigenvalue weighted by Gasteiger charge is 2.24. The SMILES string of the molecule is CCOc1ccc(OCC)c(Nc2c(C(=O)N3CCCC3)cnc3nc(C)ccc23)c1.Cl. The zero-order valence-electron chi connectivity index (χ0n) is 18.7. The molecule has 170 valence electrons. The molecule has 1 aromatic carbocycles. The second kappa shape index (κ2) is 10.5. The molecule has 0 aliphatic carbocycles. The summed E-state index contributed by atoms with van der Waals surface area (Å²) in [5.74, 6) is 1.40. The van der Waals surface area contributed by atoms with Crippen molar-refractivity contribution in [3.05, 3.63) is 47.8 Å². The quantitative estimate of drug-likeness (QED) is 0.530. The summed E-state index contributed by atoms with van der Waals surface area (Å²) < 4.78 is 11.5. The molecule has 0 atom stereocenters. The number of hydrogen-bond acceptors (Lipinski definition) is 6. The number of ether oxygens (including phenoxy) is 2. The molecule has 0 bridgehead atoms. The summed E-state index contributed by atoms with van der Waals surface area (Å²) in [5, 5.41) is 4.25. The molecule has 4 rings (SSSR count). The van der Waals surface area contributed by atoms with Crippen LogP contribution in [0.15, 0.2) is 36.5 Å². The number of amides is 1. The minimum absolute atomic E-state index is 0. The van der Waals surface area contributed by atoms with Crippen LogP contribution in [-0.4, -0.2) is 47.1 Å². The third-order valence-corrected chi connectivity index (χ3v) is 5.31. The van der Waals surface area contributed by atoms with Gasteiger partial charge in [0.25, 0.3) is 5.91 Å². The Hall–Kier alpha value is -3.06. The second-order valence-corrected chi connectivity index (χ2v) is 7.52. The van der Waals surface area contributed by atoms with E-state index in [9.17, 15) is 4.79 Å². The number of halogens is 1. The molecule has 3 aromatic rings. The number of likely N-dealkylation sites (tertiary alicyclic amines) is 1. The third kappa shape index (κ3) is 4.88. The lowest BCUT2D eigenvalue weighted by Gasteiger charge is -2.21. The van der Waals surface area contributed by atoms with Gasteiger partial charge in [-0.2, -0.15) is 0 Å². The molecule has 32 heavy (non-hydrogen) atoms. The Labute approximate surface area is 194 Å². The van der Waals surface area contributed by atoms with Crippen molar-refractivity contribution in [2.75, 3.05) is 31.6 Å². The van der Waals surface area contributed by atoms with Gasteiger partial charge in [0.15, 0.2) is 5.65 Å². The first kappa shape index (κ1) is 23.6. The van der Waals surface area contributed by atoms with Crippen LogP contribution in [0.1, 0.15) is 42.7 Å². The summed E-state index contributed by atoms with van der Waals surface area (Å²) in [6, 6.07) is 9.54. The average Bonchev–Trinajstić information content (AvgIpc) is 3.30. The average molecular weight is 457 g/mol. The Kier molecular flexibility index (Phi) is 7.75. The van der Waals surface area contributed by atoms with Gasteiger partial charge in [0.05, 0.1) is 30.2 Å². The summed E-state index contributed by atoms with van der Waals surface area (Å²) in [4.78, 5) is 24.2. The molecule has 1 aliphatic heterocycles. The fourth-order valence-corrected chi connectivity index (χ4v) is 3.84. The number of benzene rings is 1. The van der Waals surface area contributed by atoms with Crippen LogP contribution in [0, 0.1) is 6.92 Å². The standard InChI is InChI=1S/C24H28N4O3.ClH/c1-4-30-17-9-11-21(31-5-2)20(14-17)27-22-18-10-8-16(3)26-23(18)25-15-19(22)24(29)28-12-6-7-13-28;/h8-11,14-15H,4-7,12-13H2,1-3H3,(H,25,26,27);1H. The zero-order valence-corrected chi connectivity index (χ0v) is 19.5. The van der Waals surface area contributed by atoms with Crippen LogP contribution >= 0.6 is 12.4 Å². The Balaban J connectivity index is 0.00000289. The van der Waals surface area contributed by atoms with Crippen molar-refractivity contribution in [3.8, 4) is 11.5 Å². The maximum Gasteiger partial charge on any atom is 0.257 e. The zero-order chi connectivity index (χ0) is 21.8. The predicted molar refractivity (Wildman–Crippen MR) is 129 cm³/mol. The molecule has 8 heteroatoms. The number of fused-ring (bicyclic) bond motifs is 1. The van der Waals surface area contributed by atoms with Gasteiger partial charge in [0.1, 0.15) is 11.5 Å². The Morgan fingerprint density at radius 3 is 2.56 bits per heavy atom. The molecule has 1 fully saturated rings. The highest BCUT2D eigenvalue weighted by molar-refractivity contribution is 6.07. The van der Waals surface area contributed by atoms with Gasteiger partial charge < -0.3 is 19.7 Å². The van der Waals surface area contributed by atoms with E-state index in [4.69, 9.17) is 9.47 Å². The van der Waals surface area contributed by atoms with E-state index < -0.39 is 0 Å². The van der Waals surface area contributed by atoms with Crippen LogP contribution in [0.3, 0.4) is 0 Å². The normalized spacial score (nSPS) is 13.0. The molecule has 0 unspecified atom stereocenters. The topological polar surface area (TPSA) is 76.6 Å². The Bertz CT molecular complexity index is 1100. The molecule has 1 aliphatic rings. The first-order chi connectivity index (χ1) is 15.1. The fourth-order valence-electron chi connectivity index (χ4n) is 3.84. The number of rotatable bonds is 7. The highest BCUT2D eigenvalue weighted by Crippen LogP contribution is 2.36. The van der Waals surface area contributed by atoms with Gasteiger partial charge in [-0.1, -0.05) is 0 Å². The number of nitrogens with one attached hydrogen (secondary N) is 1. The molecule has 0 spiro atoms. The van der Waals surface area contributed by atoms with Gasteiger partial charge in [-0.3, -0.25) is 4.79 Å². The van der Waals surface area contributed by atoms with Gasteiger partial charge in [-0.15, -0.1) is 12.4 Å². The van der Waals surface area contributed by atoms with Crippen LogP contribution in [0.2, 0.25) is 0 Å². The summed E-state index contributed by atoms with van der Waals surface area (Å²) >= 11 is 0. The molecule has 1 N–H and O–H groups in total. The van der Waals surface area contributed by atoms with Gasteiger partial charge in [0, 0.05) is 36.4 Å². The van der Waals surface area contributed by atoms with Gasteiger partial charge in [-0.05, 0) is 57.9 Å². The number of carbonyl (C=O) groups excluding carboxylic acids is 1. The molecular formula is C24H29ClN4O3. The summed E-state index contributed by atoms with van der Waals surface area (Å²) in [7, 11) is 0. The van der Waals surface area contributed by atoms with Crippen molar-refractivity contribution >= 4 is 40.7 Å². The minimum atomic E-state index is -0.0195. The first-order valence-corrected chi connectivity index (χ1v) is 10.8. The van der Waals surface area contributed by atoms with Crippen molar-refractivity contribution < 1.29 is 14.3 Å². The van der Waals surface area contributed by atoms with E-state index in [1.165, 1.54) is 0 Å². The van der Waals surface area contributed by atoms with Crippen molar-refractivity contribution in [1.82, 2.24) is 14.9 Å². The van der Waals surface area contributed by atoms with E-state index in [1.54, 1.807) is 6.20 Å². The monoisotopic (exact) mass is 456 g/mol. The number of hydrogen-bond donors (Lipinski definition) is 1. The molecule has 7 nitrogen and oxygen atoms in total. The van der Waals surface area contributed by atoms with E-state index in [-0.39, 0.29) is 18.3 Å². The summed E-state index contributed by atoms with van der Waals surface area (Å²) in [5.41, 5.74) is 3.42. The predicted octanol–water partition coefficient (Wildman–Crippen LogP) is 5.14. The number of aryl methyl sites for hydroxylation is 1.